The highest BCUT2D eigenvalue weighted by Gasteiger charge is 2.13. The molecule has 2 aromatic carbocycles. The van der Waals surface area contributed by atoms with Crippen molar-refractivity contribution >= 4 is 39.7 Å². The monoisotopic (exact) mass is 405 g/mol. The van der Waals surface area contributed by atoms with Gasteiger partial charge in [0.05, 0.1) is 20.0 Å². The SMILES string of the molecule is COc1ccc(Nc2nnc(SCC(=O)c3ccc(OC)c(F)c3)s2)cc1. The van der Waals surface area contributed by atoms with Gasteiger partial charge in [0.25, 0.3) is 0 Å². The summed E-state index contributed by atoms with van der Waals surface area (Å²) in [5, 5.41) is 11.9. The van der Waals surface area contributed by atoms with Crippen molar-refractivity contribution in [2.24, 2.45) is 0 Å². The Morgan fingerprint density at radius 2 is 1.93 bits per heavy atom. The molecule has 3 aromatic rings. The van der Waals surface area contributed by atoms with Gasteiger partial charge in [-0.1, -0.05) is 23.1 Å². The van der Waals surface area contributed by atoms with E-state index in [0.717, 1.165) is 11.4 Å². The lowest BCUT2D eigenvalue weighted by molar-refractivity contribution is 0.102. The molecular weight excluding hydrogens is 389 g/mol. The zero-order chi connectivity index (χ0) is 19.2. The van der Waals surface area contributed by atoms with Gasteiger partial charge in [-0.2, -0.15) is 0 Å². The summed E-state index contributed by atoms with van der Waals surface area (Å²) in [4.78, 5) is 12.2. The number of ketones is 1. The maximum absolute atomic E-state index is 13.7. The van der Waals surface area contributed by atoms with Crippen molar-refractivity contribution in [3.8, 4) is 11.5 Å². The average molecular weight is 405 g/mol. The molecule has 27 heavy (non-hydrogen) atoms. The van der Waals surface area contributed by atoms with Crippen molar-refractivity contribution in [3.63, 3.8) is 0 Å². The van der Waals surface area contributed by atoms with E-state index >= 15 is 0 Å². The second-order valence-corrected chi connectivity index (χ2v) is 7.49. The number of Topliss-reactive ketones (excluding diaryl/α,β-unsaturated/α-hetero) is 1. The Labute approximate surface area is 163 Å². The van der Waals surface area contributed by atoms with Gasteiger partial charge in [-0.25, -0.2) is 4.39 Å². The number of methoxy groups -OCH3 is 2. The molecule has 3 rings (SSSR count). The summed E-state index contributed by atoms with van der Waals surface area (Å²) in [5.41, 5.74) is 1.15. The summed E-state index contributed by atoms with van der Waals surface area (Å²) >= 11 is 2.59. The van der Waals surface area contributed by atoms with E-state index in [1.807, 2.05) is 24.3 Å². The molecule has 0 saturated heterocycles. The number of carbonyl (C=O) groups excluding carboxylic acids is 1. The number of rotatable bonds is 8. The minimum Gasteiger partial charge on any atom is -0.497 e. The molecule has 0 aliphatic heterocycles. The van der Waals surface area contributed by atoms with Crippen LogP contribution in [0.1, 0.15) is 10.4 Å². The maximum Gasteiger partial charge on any atom is 0.210 e. The average Bonchev–Trinajstić information content (AvgIpc) is 3.14. The first-order valence-corrected chi connectivity index (χ1v) is 9.63. The van der Waals surface area contributed by atoms with Gasteiger partial charge < -0.3 is 14.8 Å². The van der Waals surface area contributed by atoms with Crippen LogP contribution in [0.5, 0.6) is 11.5 Å². The lowest BCUT2D eigenvalue weighted by Crippen LogP contribution is -2.03. The number of nitrogens with one attached hydrogen (secondary N) is 1. The molecule has 0 radical (unpaired) electrons. The van der Waals surface area contributed by atoms with Crippen molar-refractivity contribution in [2.75, 3.05) is 25.3 Å². The number of ether oxygens (including phenoxy) is 2. The normalized spacial score (nSPS) is 10.5. The standard InChI is InChI=1S/C18H16FN3O3S2/c1-24-13-6-4-12(5-7-13)20-17-21-22-18(27-17)26-10-15(23)11-3-8-16(25-2)14(19)9-11/h3-9H,10H2,1-2H3,(H,20,21). The molecule has 0 aliphatic carbocycles. The van der Waals surface area contributed by atoms with Crippen molar-refractivity contribution in [1.29, 1.82) is 0 Å². The van der Waals surface area contributed by atoms with Crippen molar-refractivity contribution in [3.05, 3.63) is 53.8 Å². The summed E-state index contributed by atoms with van der Waals surface area (Å²) in [6.45, 7) is 0. The molecule has 0 aliphatic rings. The number of hydrogen-bond acceptors (Lipinski definition) is 8. The third-order valence-electron chi connectivity index (χ3n) is 3.55. The van der Waals surface area contributed by atoms with Gasteiger partial charge in [0.15, 0.2) is 21.7 Å². The Morgan fingerprint density at radius 1 is 1.15 bits per heavy atom. The number of anilines is 2. The van der Waals surface area contributed by atoms with E-state index in [0.29, 0.717) is 15.0 Å². The van der Waals surface area contributed by atoms with Gasteiger partial charge in [-0.05, 0) is 42.5 Å². The van der Waals surface area contributed by atoms with Gasteiger partial charge >= 0.3 is 0 Å². The Hall–Kier alpha value is -2.65. The van der Waals surface area contributed by atoms with E-state index < -0.39 is 5.82 Å². The molecule has 140 valence electrons. The largest absolute Gasteiger partial charge is 0.497 e. The fraction of sp³-hybridized carbons (Fsp3) is 0.167. The van der Waals surface area contributed by atoms with Crippen molar-refractivity contribution in [2.45, 2.75) is 4.34 Å². The van der Waals surface area contributed by atoms with Crippen LogP contribution in [0.15, 0.2) is 46.8 Å². The summed E-state index contributed by atoms with van der Waals surface area (Å²) in [7, 11) is 2.99. The van der Waals surface area contributed by atoms with E-state index in [-0.39, 0.29) is 17.3 Å². The zero-order valence-corrected chi connectivity index (χ0v) is 16.2. The highest BCUT2D eigenvalue weighted by molar-refractivity contribution is 8.01. The topological polar surface area (TPSA) is 73.3 Å². The van der Waals surface area contributed by atoms with Gasteiger partial charge in [-0.15, -0.1) is 10.2 Å². The first-order chi connectivity index (χ1) is 13.1. The van der Waals surface area contributed by atoms with Crippen molar-refractivity contribution in [1.82, 2.24) is 10.2 Å². The molecule has 0 saturated carbocycles. The van der Waals surface area contributed by atoms with Crippen LogP contribution in [0.25, 0.3) is 0 Å². The van der Waals surface area contributed by atoms with E-state index in [1.54, 1.807) is 13.2 Å². The minimum atomic E-state index is -0.560. The molecule has 1 heterocycles. The van der Waals surface area contributed by atoms with Crippen LogP contribution in [-0.2, 0) is 0 Å². The fourth-order valence-corrected chi connectivity index (χ4v) is 3.83. The number of nitrogens with zero attached hydrogens (tertiary/aromatic N) is 2. The number of halogens is 1. The molecule has 6 nitrogen and oxygen atoms in total. The second kappa shape index (κ2) is 8.83. The highest BCUT2D eigenvalue weighted by Crippen LogP contribution is 2.29. The van der Waals surface area contributed by atoms with E-state index in [9.17, 15) is 9.18 Å². The number of benzene rings is 2. The number of hydrogen-bond donors (Lipinski definition) is 1. The Bertz CT molecular complexity index is 932. The number of carbonyl (C=O) groups is 1. The number of thioether (sulfide) groups is 1. The molecule has 0 fully saturated rings. The zero-order valence-electron chi connectivity index (χ0n) is 14.6. The van der Waals surface area contributed by atoms with Gasteiger partial charge in [-0.3, -0.25) is 4.79 Å². The van der Waals surface area contributed by atoms with Crippen LogP contribution < -0.4 is 14.8 Å². The minimum absolute atomic E-state index is 0.109. The molecule has 1 N–H and O–H groups in total. The van der Waals surface area contributed by atoms with Crippen LogP contribution in [0, 0.1) is 5.82 Å². The van der Waals surface area contributed by atoms with Gasteiger partial charge in [0.2, 0.25) is 5.13 Å². The van der Waals surface area contributed by atoms with Crippen LogP contribution >= 0.6 is 23.1 Å². The fourth-order valence-electron chi connectivity index (χ4n) is 2.17. The van der Waals surface area contributed by atoms with Crippen LogP contribution in [0.3, 0.4) is 0 Å². The quantitative estimate of drug-likeness (QED) is 0.439. The second-order valence-electron chi connectivity index (χ2n) is 5.29. The molecule has 1 aromatic heterocycles. The third-order valence-corrected chi connectivity index (χ3v) is 5.52. The lowest BCUT2D eigenvalue weighted by atomic mass is 10.1. The molecule has 0 spiro atoms. The Morgan fingerprint density at radius 3 is 2.59 bits per heavy atom. The molecule has 0 amide bonds. The van der Waals surface area contributed by atoms with E-state index in [1.165, 1.54) is 42.3 Å². The third kappa shape index (κ3) is 4.95. The first kappa shape index (κ1) is 19.1. The van der Waals surface area contributed by atoms with Crippen LogP contribution in [0.2, 0.25) is 0 Å². The predicted molar refractivity (Wildman–Crippen MR) is 104 cm³/mol. The van der Waals surface area contributed by atoms with Crippen LogP contribution in [-0.4, -0.2) is 36.0 Å². The number of aromatic nitrogens is 2. The Kier molecular flexibility index (Phi) is 6.25. The maximum atomic E-state index is 13.7. The summed E-state index contributed by atoms with van der Waals surface area (Å²) in [6.07, 6.45) is 0. The summed E-state index contributed by atoms with van der Waals surface area (Å²) < 4.78 is 24.3. The molecule has 0 bridgehead atoms. The van der Waals surface area contributed by atoms with Gasteiger partial charge in [0.1, 0.15) is 5.75 Å². The molecule has 9 heteroatoms. The van der Waals surface area contributed by atoms with Crippen molar-refractivity contribution < 1.29 is 18.7 Å². The molecule has 0 atom stereocenters. The molecule has 0 unspecified atom stereocenters. The predicted octanol–water partition coefficient (Wildman–Crippen LogP) is 4.41. The smallest absolute Gasteiger partial charge is 0.210 e. The first-order valence-electron chi connectivity index (χ1n) is 7.83. The van der Waals surface area contributed by atoms with Crippen LogP contribution in [0.4, 0.5) is 15.2 Å². The van der Waals surface area contributed by atoms with E-state index in [4.69, 9.17) is 9.47 Å². The highest BCUT2D eigenvalue weighted by atomic mass is 32.2. The lowest BCUT2D eigenvalue weighted by Gasteiger charge is -2.04. The van der Waals surface area contributed by atoms with E-state index in [2.05, 4.69) is 15.5 Å². The summed E-state index contributed by atoms with van der Waals surface area (Å²) in [5.74, 6) is 0.264. The van der Waals surface area contributed by atoms with Gasteiger partial charge in [0, 0.05) is 11.3 Å². The molecular formula is C18H16FN3O3S2. The summed E-state index contributed by atoms with van der Waals surface area (Å²) in [6, 6.07) is 11.6. The Balaban J connectivity index is 1.57.